The summed E-state index contributed by atoms with van der Waals surface area (Å²) < 4.78 is 5.23. The van der Waals surface area contributed by atoms with Gasteiger partial charge in [-0.2, -0.15) is 0 Å². The number of hydrogen-bond acceptors (Lipinski definition) is 3. The lowest BCUT2D eigenvalue weighted by Gasteiger charge is -2.14. The Labute approximate surface area is 172 Å². The molecule has 0 spiro atoms. The van der Waals surface area contributed by atoms with E-state index >= 15 is 0 Å². The monoisotopic (exact) mass is 469 g/mol. The van der Waals surface area contributed by atoms with Gasteiger partial charge in [-0.1, -0.05) is 42.5 Å². The molecule has 0 aliphatic heterocycles. The fourth-order valence-corrected chi connectivity index (χ4v) is 2.45. The van der Waals surface area contributed by atoms with Crippen LogP contribution in [0.15, 0.2) is 59.6 Å². The van der Waals surface area contributed by atoms with Crippen LogP contribution in [0.3, 0.4) is 0 Å². The second-order valence-corrected chi connectivity index (χ2v) is 5.69. The summed E-state index contributed by atoms with van der Waals surface area (Å²) in [5.74, 6) is 1.57. The first kappa shape index (κ1) is 22.2. The predicted octanol–water partition coefficient (Wildman–Crippen LogP) is 3.49. The number of aliphatic hydroxyl groups is 1. The zero-order valence-corrected chi connectivity index (χ0v) is 17.6. The molecule has 6 heteroatoms. The van der Waals surface area contributed by atoms with Gasteiger partial charge in [0.05, 0.1) is 19.8 Å². The molecule has 0 saturated heterocycles. The minimum absolute atomic E-state index is 0. The van der Waals surface area contributed by atoms with E-state index in [9.17, 15) is 5.11 Å². The van der Waals surface area contributed by atoms with E-state index in [0.717, 1.165) is 29.4 Å². The molecular weight excluding hydrogens is 441 g/mol. The smallest absolute Gasteiger partial charge is 0.191 e. The van der Waals surface area contributed by atoms with Crippen LogP contribution in [-0.4, -0.2) is 31.3 Å². The topological polar surface area (TPSA) is 65.9 Å². The van der Waals surface area contributed by atoms with Crippen molar-refractivity contribution in [3.8, 4) is 5.75 Å². The van der Waals surface area contributed by atoms with Gasteiger partial charge in [0.15, 0.2) is 5.96 Å². The van der Waals surface area contributed by atoms with Crippen molar-refractivity contribution in [2.75, 3.05) is 20.2 Å². The quantitative estimate of drug-likeness (QED) is 0.315. The number of hydrogen-bond donors (Lipinski definition) is 3. The highest BCUT2D eigenvalue weighted by Gasteiger charge is 2.07. The highest BCUT2D eigenvalue weighted by atomic mass is 127. The molecule has 26 heavy (non-hydrogen) atoms. The number of nitrogens with one attached hydrogen (secondary N) is 2. The number of rotatable bonds is 8. The first-order chi connectivity index (χ1) is 12.2. The lowest BCUT2D eigenvalue weighted by Crippen LogP contribution is -2.38. The van der Waals surface area contributed by atoms with Crippen molar-refractivity contribution in [3.05, 3.63) is 65.7 Å². The molecule has 0 heterocycles. The van der Waals surface area contributed by atoms with Crippen molar-refractivity contribution < 1.29 is 9.84 Å². The zero-order valence-electron chi connectivity index (χ0n) is 15.3. The molecule has 0 aliphatic rings. The van der Waals surface area contributed by atoms with Gasteiger partial charge in [-0.05, 0) is 36.6 Å². The molecule has 5 nitrogen and oxygen atoms in total. The summed E-state index contributed by atoms with van der Waals surface area (Å²) in [6.07, 6.45) is 0.142. The van der Waals surface area contributed by atoms with Gasteiger partial charge in [0, 0.05) is 13.1 Å². The molecule has 142 valence electrons. The fourth-order valence-electron chi connectivity index (χ4n) is 2.45. The molecule has 1 unspecified atom stereocenters. The summed E-state index contributed by atoms with van der Waals surface area (Å²) in [6.45, 7) is 4.01. The predicted molar refractivity (Wildman–Crippen MR) is 117 cm³/mol. The summed E-state index contributed by atoms with van der Waals surface area (Å²) >= 11 is 0. The Morgan fingerprint density at radius 2 is 1.88 bits per heavy atom. The second-order valence-electron chi connectivity index (χ2n) is 5.69. The summed E-state index contributed by atoms with van der Waals surface area (Å²) in [4.78, 5) is 4.59. The van der Waals surface area contributed by atoms with Gasteiger partial charge in [0.1, 0.15) is 5.75 Å². The molecular formula is C20H28IN3O2. The molecule has 3 N–H and O–H groups in total. The molecule has 2 aromatic carbocycles. The molecule has 2 aromatic rings. The Balaban J connectivity index is 0.00000338. The standard InChI is InChI=1S/C20H27N3O2.HI/c1-3-21-20(23-15-16-8-7-11-18(14-16)25-2)22-13-12-19(24)17-9-5-4-6-10-17;/h4-11,14,19,24H,3,12-13,15H2,1-2H3,(H2,21,22,23);1H. The van der Waals surface area contributed by atoms with Gasteiger partial charge in [-0.3, -0.25) is 0 Å². The number of aliphatic hydroxyl groups excluding tert-OH is 1. The Morgan fingerprint density at radius 3 is 2.58 bits per heavy atom. The summed E-state index contributed by atoms with van der Waals surface area (Å²) in [5, 5.41) is 16.7. The van der Waals surface area contributed by atoms with Crippen molar-refractivity contribution in [3.63, 3.8) is 0 Å². The van der Waals surface area contributed by atoms with E-state index in [0.29, 0.717) is 19.5 Å². The average Bonchev–Trinajstić information content (AvgIpc) is 2.66. The third-order valence-corrected chi connectivity index (χ3v) is 3.79. The Bertz CT molecular complexity index is 665. The van der Waals surface area contributed by atoms with Crippen molar-refractivity contribution in [1.29, 1.82) is 0 Å². The van der Waals surface area contributed by atoms with E-state index in [2.05, 4.69) is 15.6 Å². The lowest BCUT2D eigenvalue weighted by atomic mass is 10.1. The molecule has 0 bridgehead atoms. The largest absolute Gasteiger partial charge is 0.497 e. The molecule has 0 fully saturated rings. The summed E-state index contributed by atoms with van der Waals surface area (Å²) in [7, 11) is 1.66. The number of benzene rings is 2. The summed E-state index contributed by atoms with van der Waals surface area (Å²) in [5.41, 5.74) is 2.02. The van der Waals surface area contributed by atoms with Crippen molar-refractivity contribution in [2.45, 2.75) is 26.0 Å². The third kappa shape index (κ3) is 7.61. The van der Waals surface area contributed by atoms with Crippen LogP contribution in [0.4, 0.5) is 0 Å². The van der Waals surface area contributed by atoms with Crippen LogP contribution in [-0.2, 0) is 6.54 Å². The molecule has 0 amide bonds. The van der Waals surface area contributed by atoms with Crippen LogP contribution in [0.5, 0.6) is 5.75 Å². The molecule has 1 atom stereocenters. The number of guanidine groups is 1. The van der Waals surface area contributed by atoms with E-state index in [1.54, 1.807) is 7.11 Å². The maximum Gasteiger partial charge on any atom is 0.191 e. The van der Waals surface area contributed by atoms with Crippen LogP contribution >= 0.6 is 24.0 Å². The van der Waals surface area contributed by atoms with Crippen LogP contribution in [0, 0.1) is 0 Å². The lowest BCUT2D eigenvalue weighted by molar-refractivity contribution is 0.168. The third-order valence-electron chi connectivity index (χ3n) is 3.79. The Hall–Kier alpha value is -1.80. The highest BCUT2D eigenvalue weighted by molar-refractivity contribution is 14.0. The van der Waals surface area contributed by atoms with Crippen molar-refractivity contribution in [1.82, 2.24) is 10.6 Å². The average molecular weight is 469 g/mol. The number of aliphatic imine (C=N–C) groups is 1. The normalized spacial score (nSPS) is 12.0. The Morgan fingerprint density at radius 1 is 1.12 bits per heavy atom. The van der Waals surface area contributed by atoms with Crippen molar-refractivity contribution >= 4 is 29.9 Å². The van der Waals surface area contributed by atoms with E-state index in [1.165, 1.54) is 0 Å². The maximum atomic E-state index is 10.2. The van der Waals surface area contributed by atoms with Gasteiger partial charge in [-0.25, -0.2) is 4.99 Å². The number of halogens is 1. The number of nitrogens with zero attached hydrogens (tertiary/aromatic N) is 1. The molecule has 0 aromatic heterocycles. The highest BCUT2D eigenvalue weighted by Crippen LogP contribution is 2.15. The first-order valence-corrected chi connectivity index (χ1v) is 8.61. The Kier molecular flexibility index (Phi) is 10.7. The second kappa shape index (κ2) is 12.5. The van der Waals surface area contributed by atoms with E-state index in [4.69, 9.17) is 4.74 Å². The van der Waals surface area contributed by atoms with Gasteiger partial charge >= 0.3 is 0 Å². The van der Waals surface area contributed by atoms with E-state index < -0.39 is 6.10 Å². The molecule has 0 saturated carbocycles. The van der Waals surface area contributed by atoms with Crippen LogP contribution in [0.25, 0.3) is 0 Å². The van der Waals surface area contributed by atoms with E-state index in [1.807, 2.05) is 61.5 Å². The fraction of sp³-hybridized carbons (Fsp3) is 0.350. The minimum atomic E-state index is -0.477. The number of methoxy groups -OCH3 is 1. The van der Waals surface area contributed by atoms with Crippen molar-refractivity contribution in [2.24, 2.45) is 4.99 Å². The van der Waals surface area contributed by atoms with Gasteiger partial charge < -0.3 is 20.5 Å². The van der Waals surface area contributed by atoms with Crippen LogP contribution in [0.1, 0.15) is 30.6 Å². The van der Waals surface area contributed by atoms with Gasteiger partial charge in [-0.15, -0.1) is 24.0 Å². The molecule has 0 radical (unpaired) electrons. The van der Waals surface area contributed by atoms with Crippen LogP contribution in [0.2, 0.25) is 0 Å². The number of ether oxygens (including phenoxy) is 1. The molecule has 2 rings (SSSR count). The van der Waals surface area contributed by atoms with Crippen LogP contribution < -0.4 is 15.4 Å². The zero-order chi connectivity index (χ0) is 17.9. The minimum Gasteiger partial charge on any atom is -0.497 e. The van der Waals surface area contributed by atoms with Gasteiger partial charge in [0.2, 0.25) is 0 Å². The summed E-state index contributed by atoms with van der Waals surface area (Å²) in [6, 6.07) is 17.6. The SMILES string of the molecule is CCNC(=NCc1cccc(OC)c1)NCCC(O)c1ccccc1.I. The van der Waals surface area contributed by atoms with E-state index in [-0.39, 0.29) is 24.0 Å². The first-order valence-electron chi connectivity index (χ1n) is 8.61. The maximum absolute atomic E-state index is 10.2. The molecule has 0 aliphatic carbocycles. The van der Waals surface area contributed by atoms with Gasteiger partial charge in [0.25, 0.3) is 0 Å².